The van der Waals surface area contributed by atoms with E-state index in [-0.39, 0.29) is 36.6 Å². The van der Waals surface area contributed by atoms with Crippen LogP contribution < -0.4 is 5.56 Å². The third kappa shape index (κ3) is 5.13. The molecule has 2 aliphatic heterocycles. The van der Waals surface area contributed by atoms with E-state index < -0.39 is 12.1 Å². The van der Waals surface area contributed by atoms with Gasteiger partial charge < -0.3 is 19.3 Å². The van der Waals surface area contributed by atoms with E-state index in [1.807, 2.05) is 50.4 Å². The van der Waals surface area contributed by atoms with Gasteiger partial charge in [0, 0.05) is 37.4 Å². The van der Waals surface area contributed by atoms with Gasteiger partial charge in [-0.3, -0.25) is 14.3 Å². The largest absolute Gasteiger partial charge is 0.453 e. The molecule has 2 amide bonds. The van der Waals surface area contributed by atoms with Gasteiger partial charge in [-0.25, -0.2) is 14.3 Å². The highest BCUT2D eigenvalue weighted by Gasteiger charge is 2.37. The van der Waals surface area contributed by atoms with Crippen molar-refractivity contribution in [2.24, 2.45) is 7.05 Å². The Labute approximate surface area is 232 Å². The van der Waals surface area contributed by atoms with E-state index in [0.717, 1.165) is 11.4 Å². The van der Waals surface area contributed by atoms with Crippen molar-refractivity contribution in [3.63, 3.8) is 0 Å². The van der Waals surface area contributed by atoms with Gasteiger partial charge in [0.1, 0.15) is 6.10 Å². The molecule has 1 fully saturated rings. The molecular weight excluding hydrogens is 512 g/mol. The van der Waals surface area contributed by atoms with Crippen molar-refractivity contribution in [2.75, 3.05) is 19.7 Å². The van der Waals surface area contributed by atoms with Crippen molar-refractivity contribution < 1.29 is 23.9 Å². The molecule has 1 atom stereocenters. The van der Waals surface area contributed by atoms with Gasteiger partial charge in [-0.15, -0.1) is 0 Å². The average Bonchev–Trinajstić information content (AvgIpc) is 3.39. The van der Waals surface area contributed by atoms with Crippen LogP contribution in [0.3, 0.4) is 0 Å². The van der Waals surface area contributed by atoms with E-state index in [2.05, 4.69) is 0 Å². The van der Waals surface area contributed by atoms with Crippen molar-refractivity contribution >= 4 is 18.0 Å². The summed E-state index contributed by atoms with van der Waals surface area (Å²) in [6.07, 6.45) is 0.0167. The molecule has 0 aliphatic carbocycles. The van der Waals surface area contributed by atoms with Gasteiger partial charge in [0.05, 0.1) is 36.4 Å². The number of benzene rings is 2. The number of para-hydroxylation sites is 1. The monoisotopic (exact) mass is 546 g/mol. The molecule has 10 nitrogen and oxygen atoms in total. The van der Waals surface area contributed by atoms with Crippen LogP contribution >= 0.6 is 0 Å². The Hall–Kier alpha value is -4.34. The second kappa shape index (κ2) is 11.4. The number of aromatic nitrogens is 2. The number of fused-ring (bicyclic) bond motifs is 1. The number of hydrogen-bond acceptors (Lipinski definition) is 6. The zero-order valence-corrected chi connectivity index (χ0v) is 23.0. The van der Waals surface area contributed by atoms with Crippen molar-refractivity contribution in [3.05, 3.63) is 87.3 Å². The third-order valence-corrected chi connectivity index (χ3v) is 7.89. The van der Waals surface area contributed by atoms with Gasteiger partial charge in [0.2, 0.25) is 5.91 Å². The van der Waals surface area contributed by atoms with Crippen LogP contribution in [-0.2, 0) is 27.9 Å². The molecule has 2 aliphatic rings. The molecule has 40 heavy (non-hydrogen) atoms. The number of nitrogens with zero attached hydrogens (tertiary/aromatic N) is 4. The van der Waals surface area contributed by atoms with Crippen molar-refractivity contribution in [2.45, 2.75) is 51.8 Å². The van der Waals surface area contributed by atoms with Gasteiger partial charge in [0.15, 0.2) is 0 Å². The predicted octanol–water partition coefficient (Wildman–Crippen LogP) is 3.74. The second-order valence-electron chi connectivity index (χ2n) is 10.2. The van der Waals surface area contributed by atoms with E-state index in [4.69, 9.17) is 9.47 Å². The molecule has 0 bridgehead atoms. The summed E-state index contributed by atoms with van der Waals surface area (Å²) >= 11 is 0. The number of ether oxygens (including phenoxy) is 2. The summed E-state index contributed by atoms with van der Waals surface area (Å²) in [5.41, 5.74) is 2.99. The maximum Gasteiger partial charge on any atom is 0.409 e. The quantitative estimate of drug-likeness (QED) is 0.419. The summed E-state index contributed by atoms with van der Waals surface area (Å²) in [4.78, 5) is 55.7. The Morgan fingerprint density at radius 3 is 2.40 bits per heavy atom. The molecule has 0 spiro atoms. The Bertz CT molecular complexity index is 1470. The first-order valence-electron chi connectivity index (χ1n) is 13.6. The molecular formula is C30H34N4O6. The molecule has 0 radical (unpaired) electrons. The number of likely N-dealkylation sites (tertiary alicyclic amines) is 1. The van der Waals surface area contributed by atoms with Crippen LogP contribution in [0.2, 0.25) is 0 Å². The van der Waals surface area contributed by atoms with Gasteiger partial charge in [-0.05, 0) is 44.9 Å². The maximum atomic E-state index is 13.9. The van der Waals surface area contributed by atoms with Crippen LogP contribution in [0.25, 0.3) is 5.69 Å². The van der Waals surface area contributed by atoms with E-state index in [9.17, 15) is 19.2 Å². The van der Waals surface area contributed by atoms with Crippen LogP contribution in [0.4, 0.5) is 4.79 Å². The molecule has 1 unspecified atom stereocenters. The van der Waals surface area contributed by atoms with Gasteiger partial charge in [-0.2, -0.15) is 0 Å². The fourth-order valence-electron chi connectivity index (χ4n) is 5.62. The normalized spacial score (nSPS) is 16.9. The van der Waals surface area contributed by atoms with Gasteiger partial charge in [0.25, 0.3) is 5.56 Å². The van der Waals surface area contributed by atoms with E-state index in [1.165, 1.54) is 0 Å². The predicted molar refractivity (Wildman–Crippen MR) is 147 cm³/mol. The molecule has 210 valence electrons. The molecule has 5 rings (SSSR count). The van der Waals surface area contributed by atoms with Crippen LogP contribution in [0.1, 0.15) is 59.5 Å². The van der Waals surface area contributed by atoms with Crippen LogP contribution in [0, 0.1) is 6.92 Å². The van der Waals surface area contributed by atoms with E-state index in [1.54, 1.807) is 44.3 Å². The topological polar surface area (TPSA) is 103 Å². The lowest BCUT2D eigenvalue weighted by atomic mass is 9.99. The first kappa shape index (κ1) is 27.2. The highest BCUT2D eigenvalue weighted by atomic mass is 16.6. The molecule has 3 heterocycles. The minimum atomic E-state index is -0.684. The Kier molecular flexibility index (Phi) is 7.77. The lowest BCUT2D eigenvalue weighted by Crippen LogP contribution is -2.49. The highest BCUT2D eigenvalue weighted by Crippen LogP contribution is 2.34. The molecule has 1 aromatic heterocycles. The van der Waals surface area contributed by atoms with Crippen LogP contribution in [0.5, 0.6) is 0 Å². The number of carbonyl (C=O) groups is 3. The SMILES string of the molecule is CCOC(=O)N1CCC(N(Cc2c(C)n(C)n(-c3ccccc3)c2=O)C(=O)CC2OC(=O)c3ccccc32)CC1. The van der Waals surface area contributed by atoms with Crippen molar-refractivity contribution in [1.82, 2.24) is 19.2 Å². The number of amides is 2. The molecule has 10 heteroatoms. The summed E-state index contributed by atoms with van der Waals surface area (Å²) in [6.45, 7) is 4.93. The van der Waals surface area contributed by atoms with Crippen molar-refractivity contribution in [3.8, 4) is 5.69 Å². The Balaban J connectivity index is 1.43. The summed E-state index contributed by atoms with van der Waals surface area (Å²) in [5.74, 6) is -0.648. The fraction of sp³-hybridized carbons (Fsp3) is 0.400. The lowest BCUT2D eigenvalue weighted by molar-refractivity contribution is -0.137. The minimum absolute atomic E-state index is 0.0282. The number of piperidine rings is 1. The number of carbonyl (C=O) groups excluding carboxylic acids is 3. The molecule has 3 aromatic rings. The van der Waals surface area contributed by atoms with Crippen LogP contribution in [-0.4, -0.2) is 62.9 Å². The number of hydrogen-bond donors (Lipinski definition) is 0. The summed E-state index contributed by atoms with van der Waals surface area (Å²) in [7, 11) is 1.83. The zero-order chi connectivity index (χ0) is 28.4. The molecule has 0 N–H and O–H groups in total. The summed E-state index contributed by atoms with van der Waals surface area (Å²) in [6, 6.07) is 16.3. The highest BCUT2D eigenvalue weighted by molar-refractivity contribution is 5.94. The van der Waals surface area contributed by atoms with Gasteiger partial charge >= 0.3 is 12.1 Å². The summed E-state index contributed by atoms with van der Waals surface area (Å²) in [5, 5.41) is 0. The number of rotatable bonds is 7. The zero-order valence-electron chi connectivity index (χ0n) is 23.0. The van der Waals surface area contributed by atoms with Crippen molar-refractivity contribution in [1.29, 1.82) is 0 Å². The molecule has 2 aromatic carbocycles. The smallest absolute Gasteiger partial charge is 0.409 e. The third-order valence-electron chi connectivity index (χ3n) is 7.89. The first-order chi connectivity index (χ1) is 19.3. The van der Waals surface area contributed by atoms with Gasteiger partial charge in [-0.1, -0.05) is 36.4 Å². The molecule has 0 saturated carbocycles. The van der Waals surface area contributed by atoms with Crippen LogP contribution in [0.15, 0.2) is 59.4 Å². The Morgan fingerprint density at radius 1 is 1.02 bits per heavy atom. The molecule has 1 saturated heterocycles. The number of esters is 1. The fourth-order valence-corrected chi connectivity index (χ4v) is 5.62. The summed E-state index contributed by atoms with van der Waals surface area (Å²) < 4.78 is 14.1. The minimum Gasteiger partial charge on any atom is -0.453 e. The number of cyclic esters (lactones) is 1. The Morgan fingerprint density at radius 2 is 1.70 bits per heavy atom. The average molecular weight is 547 g/mol. The second-order valence-corrected chi connectivity index (χ2v) is 10.2. The van der Waals surface area contributed by atoms with E-state index in [0.29, 0.717) is 49.2 Å². The first-order valence-corrected chi connectivity index (χ1v) is 13.6. The maximum absolute atomic E-state index is 13.9. The van der Waals surface area contributed by atoms with E-state index >= 15 is 0 Å². The lowest BCUT2D eigenvalue weighted by Gasteiger charge is -2.38. The standard InChI is InChI=1S/C30H34N4O6/c1-4-39-30(38)32-16-14-21(15-17-32)33(27(35)18-26-23-12-8-9-13-24(23)29(37)40-26)19-25-20(2)31(3)34(28(25)36)22-10-6-5-7-11-22/h5-13,21,26H,4,14-19H2,1-3H3.